The SMILES string of the molecule is COc1ccc(C(=O)OCC(=O)c2ccc(C)c([N+](=O)[O-])c2)c(OC)c1. The predicted octanol–water partition coefficient (Wildman–Crippen LogP) is 2.96. The Balaban J connectivity index is 2.11. The molecule has 2 aromatic carbocycles. The van der Waals surface area contributed by atoms with Gasteiger partial charge in [0.05, 0.1) is 19.1 Å². The molecular formula is C18H17NO7. The fourth-order valence-electron chi connectivity index (χ4n) is 2.24. The van der Waals surface area contributed by atoms with Crippen molar-refractivity contribution in [1.29, 1.82) is 0 Å². The highest BCUT2D eigenvalue weighted by Crippen LogP contribution is 2.25. The molecule has 0 unspecified atom stereocenters. The molecule has 0 aliphatic rings. The van der Waals surface area contributed by atoms with Gasteiger partial charge in [-0.25, -0.2) is 4.79 Å². The van der Waals surface area contributed by atoms with Crippen molar-refractivity contribution in [2.45, 2.75) is 6.92 Å². The van der Waals surface area contributed by atoms with Crippen LogP contribution in [0.4, 0.5) is 5.69 Å². The second-order valence-corrected chi connectivity index (χ2v) is 5.32. The molecule has 0 heterocycles. The molecule has 0 saturated carbocycles. The number of aryl methyl sites for hydroxylation is 1. The Morgan fingerprint density at radius 2 is 1.81 bits per heavy atom. The van der Waals surface area contributed by atoms with E-state index in [-0.39, 0.29) is 22.6 Å². The van der Waals surface area contributed by atoms with Crippen molar-refractivity contribution < 1.29 is 28.7 Å². The number of nitro benzene ring substituents is 1. The number of carbonyl (C=O) groups excluding carboxylic acids is 2. The van der Waals surface area contributed by atoms with Crippen LogP contribution in [0, 0.1) is 17.0 Å². The number of carbonyl (C=O) groups is 2. The van der Waals surface area contributed by atoms with E-state index in [0.717, 1.165) is 0 Å². The van der Waals surface area contributed by atoms with Gasteiger partial charge in [-0.2, -0.15) is 0 Å². The Labute approximate surface area is 149 Å². The molecule has 8 nitrogen and oxygen atoms in total. The van der Waals surface area contributed by atoms with E-state index < -0.39 is 23.3 Å². The fraction of sp³-hybridized carbons (Fsp3) is 0.222. The van der Waals surface area contributed by atoms with Crippen LogP contribution in [-0.2, 0) is 4.74 Å². The van der Waals surface area contributed by atoms with Crippen LogP contribution < -0.4 is 9.47 Å². The summed E-state index contributed by atoms with van der Waals surface area (Å²) in [5.74, 6) is -0.553. The highest BCUT2D eigenvalue weighted by Gasteiger charge is 2.19. The minimum Gasteiger partial charge on any atom is -0.497 e. The molecule has 0 aromatic heterocycles. The Kier molecular flexibility index (Phi) is 5.90. The number of hydrogen-bond acceptors (Lipinski definition) is 7. The summed E-state index contributed by atoms with van der Waals surface area (Å²) in [6.07, 6.45) is 0. The zero-order chi connectivity index (χ0) is 19.3. The van der Waals surface area contributed by atoms with E-state index in [2.05, 4.69) is 0 Å². The number of nitrogens with zero attached hydrogens (tertiary/aromatic N) is 1. The quantitative estimate of drug-likeness (QED) is 0.324. The minimum atomic E-state index is -0.750. The maximum Gasteiger partial charge on any atom is 0.342 e. The van der Waals surface area contributed by atoms with Gasteiger partial charge in [-0.15, -0.1) is 0 Å². The van der Waals surface area contributed by atoms with Crippen LogP contribution in [0.2, 0.25) is 0 Å². The molecule has 136 valence electrons. The topological polar surface area (TPSA) is 105 Å². The van der Waals surface area contributed by atoms with Gasteiger partial charge in [-0.1, -0.05) is 12.1 Å². The number of rotatable bonds is 7. The molecule has 8 heteroatoms. The number of ether oxygens (including phenoxy) is 3. The van der Waals surface area contributed by atoms with Crippen LogP contribution in [0.5, 0.6) is 11.5 Å². The van der Waals surface area contributed by atoms with Crippen LogP contribution in [0.3, 0.4) is 0 Å². The summed E-state index contributed by atoms with van der Waals surface area (Å²) in [4.78, 5) is 34.7. The van der Waals surface area contributed by atoms with Crippen molar-refractivity contribution in [3.8, 4) is 11.5 Å². The minimum absolute atomic E-state index is 0.0943. The fourth-order valence-corrected chi connectivity index (χ4v) is 2.24. The molecule has 0 N–H and O–H groups in total. The highest BCUT2D eigenvalue weighted by atomic mass is 16.6. The standard InChI is InChI=1S/C18H17NO7/c1-11-4-5-12(8-15(11)19(22)23)16(20)10-26-18(21)14-7-6-13(24-2)9-17(14)25-3/h4-9H,10H2,1-3H3. The molecule has 0 spiro atoms. The number of benzene rings is 2. The zero-order valence-corrected chi connectivity index (χ0v) is 14.5. The number of hydrogen-bond donors (Lipinski definition) is 0. The monoisotopic (exact) mass is 359 g/mol. The molecule has 0 aliphatic heterocycles. The first kappa shape index (κ1) is 18.9. The number of ketones is 1. The van der Waals surface area contributed by atoms with E-state index in [4.69, 9.17) is 14.2 Å². The van der Waals surface area contributed by atoms with E-state index in [9.17, 15) is 19.7 Å². The lowest BCUT2D eigenvalue weighted by molar-refractivity contribution is -0.385. The number of esters is 1. The van der Waals surface area contributed by atoms with Crippen molar-refractivity contribution in [2.75, 3.05) is 20.8 Å². The summed E-state index contributed by atoms with van der Waals surface area (Å²) in [6.45, 7) is 1.02. The van der Waals surface area contributed by atoms with Gasteiger partial charge in [0.25, 0.3) is 5.69 Å². The second-order valence-electron chi connectivity index (χ2n) is 5.32. The van der Waals surface area contributed by atoms with Gasteiger partial charge in [0.2, 0.25) is 5.78 Å². The summed E-state index contributed by atoms with van der Waals surface area (Å²) in [5, 5.41) is 11.0. The summed E-state index contributed by atoms with van der Waals surface area (Å²) < 4.78 is 15.2. The summed E-state index contributed by atoms with van der Waals surface area (Å²) in [7, 11) is 2.87. The third-order valence-electron chi connectivity index (χ3n) is 3.69. The summed E-state index contributed by atoms with van der Waals surface area (Å²) in [6, 6.07) is 8.62. The Morgan fingerprint density at radius 1 is 1.08 bits per heavy atom. The van der Waals surface area contributed by atoms with E-state index >= 15 is 0 Å². The normalized spacial score (nSPS) is 10.1. The lowest BCUT2D eigenvalue weighted by atomic mass is 10.1. The second kappa shape index (κ2) is 8.11. The molecule has 0 amide bonds. The van der Waals surface area contributed by atoms with Gasteiger partial charge in [0, 0.05) is 23.3 Å². The molecule has 0 atom stereocenters. The Bertz CT molecular complexity index is 861. The number of methoxy groups -OCH3 is 2. The van der Waals surface area contributed by atoms with Crippen molar-refractivity contribution in [2.24, 2.45) is 0 Å². The number of nitro groups is 1. The average molecular weight is 359 g/mol. The molecular weight excluding hydrogens is 342 g/mol. The molecule has 0 saturated heterocycles. The van der Waals surface area contributed by atoms with Gasteiger partial charge in [-0.3, -0.25) is 14.9 Å². The van der Waals surface area contributed by atoms with Gasteiger partial charge >= 0.3 is 5.97 Å². The van der Waals surface area contributed by atoms with Crippen LogP contribution in [0.25, 0.3) is 0 Å². The smallest absolute Gasteiger partial charge is 0.342 e. The van der Waals surface area contributed by atoms with E-state index in [0.29, 0.717) is 11.3 Å². The molecule has 0 fully saturated rings. The molecule has 0 aliphatic carbocycles. The Morgan fingerprint density at radius 3 is 2.42 bits per heavy atom. The van der Waals surface area contributed by atoms with Gasteiger partial charge in [0.15, 0.2) is 6.61 Å². The van der Waals surface area contributed by atoms with Crippen molar-refractivity contribution in [3.05, 3.63) is 63.2 Å². The molecule has 2 rings (SSSR count). The van der Waals surface area contributed by atoms with Crippen molar-refractivity contribution >= 4 is 17.4 Å². The van der Waals surface area contributed by atoms with Crippen LogP contribution >= 0.6 is 0 Å². The molecule has 2 aromatic rings. The molecule has 0 radical (unpaired) electrons. The van der Waals surface area contributed by atoms with Gasteiger partial charge in [-0.05, 0) is 19.1 Å². The number of Topliss-reactive ketones (excluding diaryl/α,β-unsaturated/α-hetero) is 1. The average Bonchev–Trinajstić information content (AvgIpc) is 2.65. The maximum absolute atomic E-state index is 12.2. The predicted molar refractivity (Wildman–Crippen MR) is 92.0 cm³/mol. The lowest BCUT2D eigenvalue weighted by Gasteiger charge is -2.10. The first-order chi connectivity index (χ1) is 12.4. The van der Waals surface area contributed by atoms with Crippen molar-refractivity contribution in [1.82, 2.24) is 0 Å². The van der Waals surface area contributed by atoms with Crippen LogP contribution in [0.15, 0.2) is 36.4 Å². The third kappa shape index (κ3) is 4.15. The van der Waals surface area contributed by atoms with E-state index in [1.54, 1.807) is 13.0 Å². The summed E-state index contributed by atoms with van der Waals surface area (Å²) >= 11 is 0. The largest absolute Gasteiger partial charge is 0.497 e. The van der Waals surface area contributed by atoms with Gasteiger partial charge in [0.1, 0.15) is 17.1 Å². The third-order valence-corrected chi connectivity index (χ3v) is 3.69. The van der Waals surface area contributed by atoms with Crippen LogP contribution in [0.1, 0.15) is 26.3 Å². The highest BCUT2D eigenvalue weighted by molar-refractivity contribution is 6.00. The summed E-state index contributed by atoms with van der Waals surface area (Å²) in [5.41, 5.74) is 0.498. The van der Waals surface area contributed by atoms with Crippen LogP contribution in [-0.4, -0.2) is 37.5 Å². The first-order valence-electron chi connectivity index (χ1n) is 7.54. The van der Waals surface area contributed by atoms with E-state index in [1.165, 1.54) is 44.6 Å². The Hall–Kier alpha value is -3.42. The maximum atomic E-state index is 12.2. The van der Waals surface area contributed by atoms with Crippen molar-refractivity contribution in [3.63, 3.8) is 0 Å². The zero-order valence-electron chi connectivity index (χ0n) is 14.5. The molecule has 26 heavy (non-hydrogen) atoms. The molecule has 0 bridgehead atoms. The van der Waals surface area contributed by atoms with E-state index in [1.807, 2.05) is 0 Å². The first-order valence-corrected chi connectivity index (χ1v) is 7.54. The lowest BCUT2D eigenvalue weighted by Crippen LogP contribution is -2.15. The van der Waals surface area contributed by atoms with Gasteiger partial charge < -0.3 is 14.2 Å².